The van der Waals surface area contributed by atoms with Gasteiger partial charge < -0.3 is 24.6 Å². The third-order valence-corrected chi connectivity index (χ3v) is 11.0. The van der Waals surface area contributed by atoms with Gasteiger partial charge in [0, 0.05) is 26.2 Å². The van der Waals surface area contributed by atoms with Crippen LogP contribution in [0.2, 0.25) is 0 Å². The smallest absolute Gasteiger partial charge is 0.329 e. The van der Waals surface area contributed by atoms with Crippen LogP contribution < -0.4 is 5.32 Å². The molecule has 12 nitrogen and oxygen atoms in total. The van der Waals surface area contributed by atoms with E-state index < -0.39 is 41.6 Å². The van der Waals surface area contributed by atoms with Gasteiger partial charge in [0.1, 0.15) is 18.2 Å². The SMILES string of the molecule is COC(=O)C[C@H](OC(=O)[C@@H]1CCCN1C(=O)[C@@H]1CCCN1C[C@H](C(C)C)N(C)C(=O)[C@@H](NC(=O)[C@H]1CCCCN1C)C(C)(C)C)c1ccccc1. The zero-order chi connectivity index (χ0) is 37.5. The van der Waals surface area contributed by atoms with Crippen LogP contribution in [0.5, 0.6) is 0 Å². The summed E-state index contributed by atoms with van der Waals surface area (Å²) in [5.41, 5.74) is 0.166. The van der Waals surface area contributed by atoms with E-state index in [9.17, 15) is 24.0 Å². The molecule has 12 heteroatoms. The summed E-state index contributed by atoms with van der Waals surface area (Å²) in [4.78, 5) is 75.4. The third-order valence-electron chi connectivity index (χ3n) is 11.0. The van der Waals surface area contributed by atoms with E-state index in [0.717, 1.165) is 32.2 Å². The van der Waals surface area contributed by atoms with Crippen LogP contribution in [-0.4, -0.2) is 127 Å². The number of nitrogens with zero attached hydrogens (tertiary/aromatic N) is 4. The lowest BCUT2D eigenvalue weighted by atomic mass is 9.84. The highest BCUT2D eigenvalue weighted by Gasteiger charge is 2.44. The van der Waals surface area contributed by atoms with Crippen molar-refractivity contribution in [2.24, 2.45) is 11.3 Å². The molecular formula is C39H61N5O7. The Morgan fingerprint density at radius 1 is 0.902 bits per heavy atom. The Morgan fingerprint density at radius 3 is 2.18 bits per heavy atom. The van der Waals surface area contributed by atoms with Gasteiger partial charge in [-0.3, -0.25) is 29.0 Å². The number of carbonyl (C=O) groups is 5. The van der Waals surface area contributed by atoms with Gasteiger partial charge in [-0.05, 0) is 75.6 Å². The van der Waals surface area contributed by atoms with E-state index in [0.29, 0.717) is 44.5 Å². The topological polar surface area (TPSA) is 129 Å². The number of esters is 2. The first-order valence-electron chi connectivity index (χ1n) is 18.8. The highest BCUT2D eigenvalue weighted by molar-refractivity contribution is 5.91. The van der Waals surface area contributed by atoms with E-state index in [1.165, 1.54) is 7.11 Å². The molecule has 1 N–H and O–H groups in total. The molecule has 4 rings (SSSR count). The molecule has 0 aliphatic carbocycles. The van der Waals surface area contributed by atoms with Crippen LogP contribution in [0.3, 0.4) is 0 Å². The van der Waals surface area contributed by atoms with E-state index in [1.54, 1.807) is 21.9 Å². The van der Waals surface area contributed by atoms with Gasteiger partial charge in [0.25, 0.3) is 0 Å². The van der Waals surface area contributed by atoms with Crippen molar-refractivity contribution in [3.63, 3.8) is 0 Å². The number of ether oxygens (including phenoxy) is 2. The van der Waals surface area contributed by atoms with Crippen molar-refractivity contribution in [3.05, 3.63) is 35.9 Å². The number of hydrogen-bond acceptors (Lipinski definition) is 9. The molecule has 3 aliphatic rings. The summed E-state index contributed by atoms with van der Waals surface area (Å²) in [7, 11) is 5.07. The quantitative estimate of drug-likeness (QED) is 0.304. The molecule has 0 radical (unpaired) electrons. The average molecular weight is 712 g/mol. The van der Waals surface area contributed by atoms with Crippen molar-refractivity contribution in [2.75, 3.05) is 47.4 Å². The summed E-state index contributed by atoms with van der Waals surface area (Å²) in [6, 6.07) is 6.74. The Hall–Kier alpha value is -3.51. The molecule has 3 fully saturated rings. The summed E-state index contributed by atoms with van der Waals surface area (Å²) >= 11 is 0. The van der Waals surface area contributed by atoms with Crippen molar-refractivity contribution in [1.82, 2.24) is 24.9 Å². The van der Waals surface area contributed by atoms with Gasteiger partial charge in [0.05, 0.1) is 25.6 Å². The maximum Gasteiger partial charge on any atom is 0.329 e. The fourth-order valence-electron chi connectivity index (χ4n) is 7.82. The molecular weight excluding hydrogens is 650 g/mol. The number of rotatable bonds is 13. The zero-order valence-electron chi connectivity index (χ0n) is 32.1. The first-order valence-corrected chi connectivity index (χ1v) is 18.8. The lowest BCUT2D eigenvalue weighted by Crippen LogP contribution is -2.61. The molecule has 1 aromatic rings. The lowest BCUT2D eigenvalue weighted by molar-refractivity contribution is -0.162. The van der Waals surface area contributed by atoms with Gasteiger partial charge in [-0.15, -0.1) is 0 Å². The molecule has 1 aromatic carbocycles. The van der Waals surface area contributed by atoms with Crippen molar-refractivity contribution in [1.29, 1.82) is 0 Å². The van der Waals surface area contributed by atoms with Crippen molar-refractivity contribution >= 4 is 29.7 Å². The monoisotopic (exact) mass is 711 g/mol. The predicted octanol–water partition coefficient (Wildman–Crippen LogP) is 3.79. The summed E-state index contributed by atoms with van der Waals surface area (Å²) in [6.45, 7) is 12.6. The highest BCUT2D eigenvalue weighted by Crippen LogP contribution is 2.30. The highest BCUT2D eigenvalue weighted by atomic mass is 16.6. The molecule has 0 spiro atoms. The molecule has 284 valence electrons. The molecule has 0 aromatic heterocycles. The minimum absolute atomic E-state index is 0.0790. The summed E-state index contributed by atoms with van der Waals surface area (Å²) in [5.74, 6) is -1.29. The van der Waals surface area contributed by atoms with Crippen LogP contribution in [-0.2, 0) is 33.4 Å². The van der Waals surface area contributed by atoms with Gasteiger partial charge >= 0.3 is 11.9 Å². The van der Waals surface area contributed by atoms with E-state index in [1.807, 2.05) is 53.1 Å². The first-order chi connectivity index (χ1) is 24.1. The number of hydrogen-bond donors (Lipinski definition) is 1. The second-order valence-corrected chi connectivity index (χ2v) is 16.0. The summed E-state index contributed by atoms with van der Waals surface area (Å²) in [5, 5.41) is 3.13. The van der Waals surface area contributed by atoms with Gasteiger partial charge in [0.2, 0.25) is 17.7 Å². The van der Waals surface area contributed by atoms with E-state index in [2.05, 4.69) is 29.0 Å². The number of piperidine rings is 1. The number of carbonyl (C=O) groups excluding carboxylic acids is 5. The van der Waals surface area contributed by atoms with Crippen LogP contribution in [0.1, 0.15) is 97.7 Å². The number of methoxy groups -OCH3 is 1. The average Bonchev–Trinajstić information content (AvgIpc) is 3.78. The Kier molecular flexibility index (Phi) is 14.1. The molecule has 6 atom stereocenters. The fourth-order valence-corrected chi connectivity index (χ4v) is 7.82. The number of nitrogens with one attached hydrogen (secondary N) is 1. The summed E-state index contributed by atoms with van der Waals surface area (Å²) in [6.07, 6.45) is 4.53. The molecule has 51 heavy (non-hydrogen) atoms. The van der Waals surface area contributed by atoms with Gasteiger partial charge in [-0.1, -0.05) is 71.4 Å². The van der Waals surface area contributed by atoms with Gasteiger partial charge in [-0.25, -0.2) is 4.79 Å². The number of benzene rings is 1. The minimum Gasteiger partial charge on any atom is -0.469 e. The van der Waals surface area contributed by atoms with Crippen molar-refractivity contribution < 1.29 is 33.4 Å². The van der Waals surface area contributed by atoms with E-state index in [4.69, 9.17) is 9.47 Å². The predicted molar refractivity (Wildman–Crippen MR) is 194 cm³/mol. The molecule has 0 bridgehead atoms. The van der Waals surface area contributed by atoms with Crippen molar-refractivity contribution in [3.8, 4) is 0 Å². The van der Waals surface area contributed by atoms with Crippen LogP contribution in [0.15, 0.2) is 30.3 Å². The van der Waals surface area contributed by atoms with Crippen LogP contribution in [0.4, 0.5) is 0 Å². The Labute approximate surface area is 304 Å². The Balaban J connectivity index is 1.45. The molecule has 3 saturated heterocycles. The first kappa shape index (κ1) is 40.3. The molecule has 0 unspecified atom stereocenters. The van der Waals surface area contributed by atoms with Crippen LogP contribution in [0.25, 0.3) is 0 Å². The van der Waals surface area contributed by atoms with E-state index >= 15 is 0 Å². The molecule has 3 heterocycles. The van der Waals surface area contributed by atoms with Crippen LogP contribution in [0, 0.1) is 11.3 Å². The largest absolute Gasteiger partial charge is 0.469 e. The maximum atomic E-state index is 14.3. The minimum atomic E-state index is -0.822. The van der Waals surface area contributed by atoms with Crippen molar-refractivity contribution in [2.45, 2.75) is 122 Å². The van der Waals surface area contributed by atoms with Crippen LogP contribution >= 0.6 is 0 Å². The standard InChI is InChI=1S/C39H61N5O7/c1-26(2)31(42(7)37(48)34(39(3,4)5)40-35(46)28-18-12-13-21-41(28)6)25-43-22-14-19-29(43)36(47)44-23-15-20-30(44)38(49)51-32(24-33(45)50-8)27-16-10-9-11-17-27/h9-11,16-17,26,28-32,34H,12-15,18-25H2,1-8H3,(H,40,46)/t28-,29+,30+,31-,32+,34-/m1/s1. The summed E-state index contributed by atoms with van der Waals surface area (Å²) < 4.78 is 10.8. The molecule has 3 aliphatic heterocycles. The molecule has 3 amide bonds. The normalized spacial score (nSPS) is 23.4. The zero-order valence-corrected chi connectivity index (χ0v) is 32.1. The Morgan fingerprint density at radius 2 is 1.55 bits per heavy atom. The number of likely N-dealkylation sites (tertiary alicyclic amines) is 3. The maximum absolute atomic E-state index is 14.3. The third kappa shape index (κ3) is 10.1. The Bertz CT molecular complexity index is 1370. The molecule has 0 saturated carbocycles. The lowest BCUT2D eigenvalue weighted by Gasteiger charge is -2.41. The second-order valence-electron chi connectivity index (χ2n) is 16.0. The number of likely N-dealkylation sites (N-methyl/N-ethyl adjacent to an activating group) is 2. The second kappa shape index (κ2) is 17.8. The fraction of sp³-hybridized carbons (Fsp3) is 0.718. The van der Waals surface area contributed by atoms with Gasteiger partial charge in [0.15, 0.2) is 0 Å². The number of amides is 3. The van der Waals surface area contributed by atoms with Gasteiger partial charge in [-0.2, -0.15) is 0 Å². The van der Waals surface area contributed by atoms with E-state index in [-0.39, 0.29) is 42.1 Å².